The van der Waals surface area contributed by atoms with Crippen molar-refractivity contribution in [3.8, 4) is 16.9 Å². The van der Waals surface area contributed by atoms with Gasteiger partial charge in [-0.3, -0.25) is 0 Å². The van der Waals surface area contributed by atoms with E-state index >= 15 is 0 Å². The highest BCUT2D eigenvalue weighted by Crippen LogP contribution is 2.30. The number of rotatable bonds is 6. The average Bonchev–Trinajstić information content (AvgIpc) is 2.81. The third kappa shape index (κ3) is 6.92. The molecule has 0 aliphatic carbocycles. The number of ether oxygens (including phenoxy) is 1. The zero-order valence-corrected chi connectivity index (χ0v) is 21.1. The zero-order valence-electron chi connectivity index (χ0n) is 20.3. The first-order chi connectivity index (χ1) is 16.2. The number of aryl methyl sites for hydroxylation is 2. The Morgan fingerprint density at radius 2 is 1.51 bits per heavy atom. The first kappa shape index (κ1) is 26.9. The maximum atomic E-state index is 12.6. The smallest absolute Gasteiger partial charge is 0.406 e. The Labute approximate surface area is 211 Å². The van der Waals surface area contributed by atoms with E-state index in [1.807, 2.05) is 0 Å². The summed E-state index contributed by atoms with van der Waals surface area (Å²) < 4.78 is 41.8. The van der Waals surface area contributed by atoms with E-state index in [9.17, 15) is 13.2 Å². The third-order valence-electron chi connectivity index (χ3n) is 6.69. The van der Waals surface area contributed by atoms with E-state index in [0.717, 1.165) is 31.6 Å². The number of hydrogen-bond acceptors (Lipinski definition) is 3. The maximum absolute atomic E-state index is 12.6. The number of alkyl halides is 3. The number of hydrogen-bond donors (Lipinski definition) is 1. The molecule has 1 N–H and O–H groups in total. The molecule has 4 rings (SSSR count). The predicted molar refractivity (Wildman–Crippen MR) is 139 cm³/mol. The van der Waals surface area contributed by atoms with Crippen molar-refractivity contribution in [3.63, 3.8) is 0 Å². The predicted octanol–water partition coefficient (Wildman–Crippen LogP) is 7.36. The van der Waals surface area contributed by atoms with Gasteiger partial charge in [-0.15, -0.1) is 25.6 Å². The molecule has 35 heavy (non-hydrogen) atoms. The van der Waals surface area contributed by atoms with Crippen LogP contribution >= 0.6 is 12.4 Å². The highest BCUT2D eigenvalue weighted by atomic mass is 35.5. The Hall–Kier alpha value is -2.70. The number of benzene rings is 3. The summed E-state index contributed by atoms with van der Waals surface area (Å²) in [6.07, 6.45) is -2.73. The molecule has 1 heterocycles. The van der Waals surface area contributed by atoms with Crippen LogP contribution in [0.3, 0.4) is 0 Å². The van der Waals surface area contributed by atoms with Gasteiger partial charge in [-0.05, 0) is 110 Å². The number of halogens is 4. The molecule has 1 saturated heterocycles. The van der Waals surface area contributed by atoms with E-state index in [4.69, 9.17) is 0 Å². The fourth-order valence-corrected chi connectivity index (χ4v) is 4.64. The molecule has 1 aliphatic rings. The van der Waals surface area contributed by atoms with Gasteiger partial charge in [0, 0.05) is 18.3 Å². The second kappa shape index (κ2) is 11.4. The van der Waals surface area contributed by atoms with Gasteiger partial charge in [0.1, 0.15) is 5.75 Å². The van der Waals surface area contributed by atoms with E-state index < -0.39 is 6.36 Å². The highest BCUT2D eigenvalue weighted by Gasteiger charge is 2.31. The van der Waals surface area contributed by atoms with Gasteiger partial charge >= 0.3 is 6.36 Å². The number of nitrogens with zero attached hydrogens (tertiary/aromatic N) is 1. The van der Waals surface area contributed by atoms with E-state index in [0.29, 0.717) is 12.6 Å². The SMILES string of the molecule is Cc1cc(-c2cccc(CN(c3ccc(OC(F)(F)F)cc3)C3CCNCC3)c2)cc(C)c1C.Cl. The molecule has 3 aromatic carbocycles. The summed E-state index contributed by atoms with van der Waals surface area (Å²) in [5.41, 5.74) is 8.30. The lowest BCUT2D eigenvalue weighted by molar-refractivity contribution is -0.274. The summed E-state index contributed by atoms with van der Waals surface area (Å²) >= 11 is 0. The lowest BCUT2D eigenvalue weighted by Gasteiger charge is -2.36. The van der Waals surface area contributed by atoms with Crippen LogP contribution < -0.4 is 15.0 Å². The molecule has 0 spiro atoms. The van der Waals surface area contributed by atoms with Gasteiger partial charge in [0.25, 0.3) is 0 Å². The Bertz CT molecular complexity index is 1100. The van der Waals surface area contributed by atoms with Crippen LogP contribution in [0.2, 0.25) is 0 Å². The van der Waals surface area contributed by atoms with Crippen molar-refractivity contribution in [1.29, 1.82) is 0 Å². The first-order valence-corrected chi connectivity index (χ1v) is 11.7. The van der Waals surface area contributed by atoms with Crippen molar-refractivity contribution in [3.05, 3.63) is 82.9 Å². The molecule has 3 aromatic rings. The standard InChI is InChI=1S/C28H31F3N2O.ClH/c1-19-15-24(16-20(2)21(19)3)23-6-4-5-22(17-23)18-33(26-11-13-32-14-12-26)25-7-9-27(10-8-25)34-28(29,30)31;/h4-10,15-17,26,32H,11-14,18H2,1-3H3;1H. The van der Waals surface area contributed by atoms with Gasteiger partial charge in [-0.2, -0.15) is 0 Å². The molecule has 0 atom stereocenters. The highest BCUT2D eigenvalue weighted by molar-refractivity contribution is 5.85. The number of piperidine rings is 1. The Morgan fingerprint density at radius 1 is 0.886 bits per heavy atom. The molecule has 0 radical (unpaired) electrons. The van der Waals surface area contributed by atoms with Gasteiger partial charge in [-0.1, -0.05) is 30.3 Å². The molecule has 1 aliphatic heterocycles. The monoisotopic (exact) mass is 504 g/mol. The van der Waals surface area contributed by atoms with Crippen molar-refractivity contribution in [1.82, 2.24) is 5.32 Å². The van der Waals surface area contributed by atoms with Crippen molar-refractivity contribution in [2.45, 2.75) is 52.6 Å². The Balaban J connectivity index is 0.00000342. The normalized spacial score (nSPS) is 14.3. The molecular weight excluding hydrogens is 473 g/mol. The van der Waals surface area contributed by atoms with Crippen LogP contribution in [-0.2, 0) is 6.54 Å². The summed E-state index contributed by atoms with van der Waals surface area (Å²) in [5.74, 6) is -0.200. The van der Waals surface area contributed by atoms with Crippen LogP contribution in [0.15, 0.2) is 60.7 Å². The second-order valence-electron chi connectivity index (χ2n) is 9.09. The van der Waals surface area contributed by atoms with E-state index in [-0.39, 0.29) is 18.2 Å². The Kier molecular flexibility index (Phi) is 8.73. The summed E-state index contributed by atoms with van der Waals surface area (Å²) in [6, 6.07) is 19.5. The van der Waals surface area contributed by atoms with Crippen LogP contribution in [0.1, 0.15) is 35.1 Å². The van der Waals surface area contributed by atoms with Gasteiger partial charge in [0.2, 0.25) is 0 Å². The average molecular weight is 505 g/mol. The van der Waals surface area contributed by atoms with Gasteiger partial charge in [0.15, 0.2) is 0 Å². The maximum Gasteiger partial charge on any atom is 0.573 e. The minimum atomic E-state index is -4.69. The van der Waals surface area contributed by atoms with Crippen molar-refractivity contribution in [2.24, 2.45) is 0 Å². The largest absolute Gasteiger partial charge is 0.573 e. The van der Waals surface area contributed by atoms with Crippen LogP contribution in [0.5, 0.6) is 5.75 Å². The van der Waals surface area contributed by atoms with Gasteiger partial charge in [0.05, 0.1) is 0 Å². The molecule has 0 aromatic heterocycles. The van der Waals surface area contributed by atoms with Crippen LogP contribution in [0.25, 0.3) is 11.1 Å². The van der Waals surface area contributed by atoms with Crippen LogP contribution in [0.4, 0.5) is 18.9 Å². The summed E-state index contributed by atoms with van der Waals surface area (Å²) in [6.45, 7) is 8.97. The topological polar surface area (TPSA) is 24.5 Å². The molecule has 0 saturated carbocycles. The summed E-state index contributed by atoms with van der Waals surface area (Å²) in [7, 11) is 0. The summed E-state index contributed by atoms with van der Waals surface area (Å²) in [4.78, 5) is 2.31. The molecule has 188 valence electrons. The minimum Gasteiger partial charge on any atom is -0.406 e. The van der Waals surface area contributed by atoms with Gasteiger partial charge < -0.3 is 15.0 Å². The van der Waals surface area contributed by atoms with Crippen molar-refractivity contribution < 1.29 is 17.9 Å². The fourth-order valence-electron chi connectivity index (χ4n) is 4.64. The lowest BCUT2D eigenvalue weighted by Crippen LogP contribution is -2.43. The minimum absolute atomic E-state index is 0. The molecular formula is C28H32ClF3N2O. The van der Waals surface area contributed by atoms with Crippen LogP contribution in [0, 0.1) is 20.8 Å². The fraction of sp³-hybridized carbons (Fsp3) is 0.357. The van der Waals surface area contributed by atoms with E-state index in [1.165, 1.54) is 45.5 Å². The molecule has 7 heteroatoms. The first-order valence-electron chi connectivity index (χ1n) is 11.7. The summed E-state index contributed by atoms with van der Waals surface area (Å²) in [5, 5.41) is 3.39. The molecule has 0 amide bonds. The number of nitrogens with one attached hydrogen (secondary N) is 1. The molecule has 1 fully saturated rings. The Morgan fingerprint density at radius 3 is 2.11 bits per heavy atom. The van der Waals surface area contributed by atoms with Crippen molar-refractivity contribution >= 4 is 18.1 Å². The number of anilines is 1. The second-order valence-corrected chi connectivity index (χ2v) is 9.09. The quantitative estimate of drug-likeness (QED) is 0.379. The molecule has 3 nitrogen and oxygen atoms in total. The lowest BCUT2D eigenvalue weighted by atomic mass is 9.95. The van der Waals surface area contributed by atoms with E-state index in [1.54, 1.807) is 12.1 Å². The zero-order chi connectivity index (χ0) is 24.3. The van der Waals surface area contributed by atoms with Crippen molar-refractivity contribution in [2.75, 3.05) is 18.0 Å². The third-order valence-corrected chi connectivity index (χ3v) is 6.69. The van der Waals surface area contributed by atoms with Crippen LogP contribution in [-0.4, -0.2) is 25.5 Å². The van der Waals surface area contributed by atoms with E-state index in [2.05, 4.69) is 72.1 Å². The molecule has 0 unspecified atom stereocenters. The molecule has 0 bridgehead atoms. The van der Waals surface area contributed by atoms with Gasteiger partial charge in [-0.25, -0.2) is 0 Å².